The number of anilines is 1. The summed E-state index contributed by atoms with van der Waals surface area (Å²) in [7, 11) is 0. The predicted molar refractivity (Wildman–Crippen MR) is 88.5 cm³/mol. The van der Waals surface area contributed by atoms with Crippen LogP contribution in [0.25, 0.3) is 21.2 Å². The fourth-order valence-corrected chi connectivity index (χ4v) is 3.21. The molecule has 0 fully saturated rings. The molecular weight excluding hydrogens is 296 g/mol. The third kappa shape index (κ3) is 2.25. The molecule has 0 atom stereocenters. The van der Waals surface area contributed by atoms with E-state index >= 15 is 0 Å². The SMILES string of the molecule is Cc1nc2cc(NC(=O)c3cc4ccccc4o3)ccc2s1. The average molecular weight is 308 g/mol. The molecule has 4 aromatic rings. The first kappa shape index (κ1) is 13.0. The van der Waals surface area contributed by atoms with Crippen LogP contribution >= 0.6 is 11.3 Å². The zero-order chi connectivity index (χ0) is 15.1. The summed E-state index contributed by atoms with van der Waals surface area (Å²) < 4.78 is 6.68. The highest BCUT2D eigenvalue weighted by molar-refractivity contribution is 7.18. The quantitative estimate of drug-likeness (QED) is 0.588. The molecule has 0 unspecified atom stereocenters. The minimum Gasteiger partial charge on any atom is -0.451 e. The van der Waals surface area contributed by atoms with Gasteiger partial charge in [-0.05, 0) is 37.3 Å². The number of hydrogen-bond acceptors (Lipinski definition) is 4. The van der Waals surface area contributed by atoms with E-state index in [2.05, 4.69) is 10.3 Å². The van der Waals surface area contributed by atoms with E-state index in [1.807, 2.05) is 49.4 Å². The molecule has 22 heavy (non-hydrogen) atoms. The molecule has 0 aliphatic heterocycles. The Hall–Kier alpha value is -2.66. The fraction of sp³-hybridized carbons (Fsp3) is 0.0588. The standard InChI is InChI=1S/C17H12N2O2S/c1-10-18-13-9-12(6-7-16(13)22-10)19-17(20)15-8-11-4-2-3-5-14(11)21-15/h2-9H,1H3,(H,19,20). The third-order valence-electron chi connectivity index (χ3n) is 3.40. The van der Waals surface area contributed by atoms with Gasteiger partial charge in [0.15, 0.2) is 5.76 Å². The number of thiazole rings is 1. The van der Waals surface area contributed by atoms with Crippen LogP contribution in [0, 0.1) is 6.92 Å². The lowest BCUT2D eigenvalue weighted by Gasteiger charge is -2.02. The van der Waals surface area contributed by atoms with Crippen LogP contribution < -0.4 is 5.32 Å². The third-order valence-corrected chi connectivity index (χ3v) is 4.35. The van der Waals surface area contributed by atoms with Crippen molar-refractivity contribution in [1.82, 2.24) is 4.98 Å². The summed E-state index contributed by atoms with van der Waals surface area (Å²) in [5, 5.41) is 4.78. The Kier molecular flexibility index (Phi) is 2.94. The summed E-state index contributed by atoms with van der Waals surface area (Å²) in [5.41, 5.74) is 2.31. The van der Waals surface area contributed by atoms with Crippen molar-refractivity contribution in [2.24, 2.45) is 0 Å². The number of benzene rings is 2. The Morgan fingerprint density at radius 2 is 2.05 bits per heavy atom. The van der Waals surface area contributed by atoms with Gasteiger partial charge < -0.3 is 9.73 Å². The molecule has 4 nitrogen and oxygen atoms in total. The maximum atomic E-state index is 12.3. The molecule has 108 valence electrons. The van der Waals surface area contributed by atoms with Gasteiger partial charge in [-0.2, -0.15) is 0 Å². The lowest BCUT2D eigenvalue weighted by Crippen LogP contribution is -2.10. The van der Waals surface area contributed by atoms with E-state index in [4.69, 9.17) is 4.42 Å². The highest BCUT2D eigenvalue weighted by Gasteiger charge is 2.12. The number of aryl methyl sites for hydroxylation is 1. The number of nitrogens with one attached hydrogen (secondary N) is 1. The number of nitrogens with zero attached hydrogens (tertiary/aromatic N) is 1. The maximum Gasteiger partial charge on any atom is 0.291 e. The van der Waals surface area contributed by atoms with E-state index in [1.54, 1.807) is 17.4 Å². The van der Waals surface area contributed by atoms with Gasteiger partial charge in [-0.25, -0.2) is 4.98 Å². The van der Waals surface area contributed by atoms with Gasteiger partial charge in [0.25, 0.3) is 5.91 Å². The predicted octanol–water partition coefficient (Wildman–Crippen LogP) is 4.60. The highest BCUT2D eigenvalue weighted by atomic mass is 32.1. The highest BCUT2D eigenvalue weighted by Crippen LogP contribution is 2.25. The molecule has 0 bridgehead atoms. The first-order valence-electron chi connectivity index (χ1n) is 6.86. The summed E-state index contributed by atoms with van der Waals surface area (Å²) in [5.74, 6) is 0.0401. The van der Waals surface area contributed by atoms with Crippen molar-refractivity contribution in [1.29, 1.82) is 0 Å². The molecule has 5 heteroatoms. The molecule has 0 radical (unpaired) electrons. The number of aromatic nitrogens is 1. The van der Waals surface area contributed by atoms with Crippen LogP contribution in [-0.2, 0) is 0 Å². The Balaban J connectivity index is 1.64. The number of fused-ring (bicyclic) bond motifs is 2. The zero-order valence-corrected chi connectivity index (χ0v) is 12.6. The van der Waals surface area contributed by atoms with Gasteiger partial charge in [0.2, 0.25) is 0 Å². The smallest absolute Gasteiger partial charge is 0.291 e. The van der Waals surface area contributed by atoms with Crippen molar-refractivity contribution < 1.29 is 9.21 Å². The number of hydrogen-bond donors (Lipinski definition) is 1. The van der Waals surface area contributed by atoms with Gasteiger partial charge in [-0.15, -0.1) is 11.3 Å². The summed E-state index contributed by atoms with van der Waals surface area (Å²) in [4.78, 5) is 16.7. The van der Waals surface area contributed by atoms with E-state index in [-0.39, 0.29) is 5.91 Å². The lowest BCUT2D eigenvalue weighted by molar-refractivity contribution is 0.0998. The largest absolute Gasteiger partial charge is 0.451 e. The number of carbonyl (C=O) groups is 1. The van der Waals surface area contributed by atoms with Gasteiger partial charge >= 0.3 is 0 Å². The van der Waals surface area contributed by atoms with Gasteiger partial charge in [0.1, 0.15) is 5.58 Å². The maximum absolute atomic E-state index is 12.3. The number of rotatable bonds is 2. The van der Waals surface area contributed by atoms with Crippen molar-refractivity contribution in [3.05, 3.63) is 59.3 Å². The minimum atomic E-state index is -0.262. The van der Waals surface area contributed by atoms with E-state index in [1.165, 1.54) is 0 Å². The molecule has 0 aliphatic carbocycles. The molecule has 2 heterocycles. The van der Waals surface area contributed by atoms with Crippen LogP contribution in [-0.4, -0.2) is 10.9 Å². The summed E-state index contributed by atoms with van der Waals surface area (Å²) >= 11 is 1.64. The molecule has 4 rings (SSSR count). The summed E-state index contributed by atoms with van der Waals surface area (Å²) in [6.07, 6.45) is 0. The molecule has 2 aromatic carbocycles. The molecule has 0 spiro atoms. The van der Waals surface area contributed by atoms with Crippen molar-refractivity contribution in [2.45, 2.75) is 6.92 Å². The average Bonchev–Trinajstić information content (AvgIpc) is 3.08. The minimum absolute atomic E-state index is 0.262. The second-order valence-electron chi connectivity index (χ2n) is 5.02. The molecule has 2 aromatic heterocycles. The van der Waals surface area contributed by atoms with E-state index in [9.17, 15) is 4.79 Å². The van der Waals surface area contributed by atoms with Crippen molar-refractivity contribution in [3.8, 4) is 0 Å². The van der Waals surface area contributed by atoms with Crippen LogP contribution in [0.3, 0.4) is 0 Å². The molecule has 0 aliphatic rings. The number of amides is 1. The normalized spacial score (nSPS) is 11.1. The first-order valence-corrected chi connectivity index (χ1v) is 7.68. The Morgan fingerprint density at radius 1 is 1.18 bits per heavy atom. The summed E-state index contributed by atoms with van der Waals surface area (Å²) in [6, 6.07) is 15.0. The topological polar surface area (TPSA) is 55.1 Å². The van der Waals surface area contributed by atoms with Crippen LogP contribution in [0.15, 0.2) is 52.9 Å². The molecule has 0 saturated carbocycles. The zero-order valence-electron chi connectivity index (χ0n) is 11.8. The van der Waals surface area contributed by atoms with Crippen LogP contribution in [0.5, 0.6) is 0 Å². The van der Waals surface area contributed by atoms with E-state index < -0.39 is 0 Å². The van der Waals surface area contributed by atoms with Crippen molar-refractivity contribution >= 4 is 44.1 Å². The van der Waals surface area contributed by atoms with Crippen molar-refractivity contribution in [3.63, 3.8) is 0 Å². The monoisotopic (exact) mass is 308 g/mol. The van der Waals surface area contributed by atoms with Gasteiger partial charge in [0.05, 0.1) is 15.2 Å². The first-order chi connectivity index (χ1) is 10.7. The van der Waals surface area contributed by atoms with Gasteiger partial charge in [0, 0.05) is 11.1 Å². The number of carbonyl (C=O) groups excluding carboxylic acids is 1. The van der Waals surface area contributed by atoms with Crippen LogP contribution in [0.1, 0.15) is 15.6 Å². The van der Waals surface area contributed by atoms with Crippen LogP contribution in [0.2, 0.25) is 0 Å². The van der Waals surface area contributed by atoms with E-state index in [0.29, 0.717) is 17.0 Å². The second-order valence-corrected chi connectivity index (χ2v) is 6.25. The Labute approximate surface area is 130 Å². The number of para-hydroxylation sites is 1. The van der Waals surface area contributed by atoms with Gasteiger partial charge in [-0.1, -0.05) is 18.2 Å². The second kappa shape index (κ2) is 4.96. The molecule has 1 N–H and O–H groups in total. The Bertz CT molecular complexity index is 967. The summed E-state index contributed by atoms with van der Waals surface area (Å²) in [6.45, 7) is 1.97. The fourth-order valence-electron chi connectivity index (χ4n) is 2.41. The number of furan rings is 1. The van der Waals surface area contributed by atoms with Crippen molar-refractivity contribution in [2.75, 3.05) is 5.32 Å². The lowest BCUT2D eigenvalue weighted by atomic mass is 10.2. The van der Waals surface area contributed by atoms with E-state index in [0.717, 1.165) is 20.6 Å². The molecular formula is C17H12N2O2S. The van der Waals surface area contributed by atoms with Crippen LogP contribution in [0.4, 0.5) is 5.69 Å². The molecule has 0 saturated heterocycles. The Morgan fingerprint density at radius 3 is 2.91 bits per heavy atom. The molecule has 1 amide bonds. The van der Waals surface area contributed by atoms with Gasteiger partial charge in [-0.3, -0.25) is 4.79 Å².